The fourth-order valence-electron chi connectivity index (χ4n) is 4.62. The van der Waals surface area contributed by atoms with E-state index in [0.29, 0.717) is 6.04 Å². The van der Waals surface area contributed by atoms with Crippen LogP contribution in [0.3, 0.4) is 0 Å². The number of fused-ring (bicyclic) bond motifs is 1. The van der Waals surface area contributed by atoms with Gasteiger partial charge in [-0.25, -0.2) is 9.48 Å². The summed E-state index contributed by atoms with van der Waals surface area (Å²) >= 11 is 0. The quantitative estimate of drug-likeness (QED) is 0.386. The van der Waals surface area contributed by atoms with E-state index in [1.54, 1.807) is 7.11 Å². The van der Waals surface area contributed by atoms with E-state index in [0.717, 1.165) is 59.8 Å². The molecule has 4 heterocycles. The zero-order valence-electron chi connectivity index (χ0n) is 22.3. The number of hydrogen-bond acceptors (Lipinski definition) is 5. The van der Waals surface area contributed by atoms with Crippen molar-refractivity contribution in [2.75, 3.05) is 34.3 Å². The Bertz CT molecular complexity index is 1470. The minimum Gasteiger partial charge on any atom is -0.497 e. The van der Waals surface area contributed by atoms with E-state index in [4.69, 9.17) is 19.7 Å². The molecule has 0 aliphatic carbocycles. The Morgan fingerprint density at radius 3 is 2.25 bits per heavy atom. The van der Waals surface area contributed by atoms with Gasteiger partial charge in [0.05, 0.1) is 29.6 Å². The fourth-order valence-corrected chi connectivity index (χ4v) is 4.62. The number of aliphatic carboxylic acids is 1. The average molecular weight is 558 g/mol. The number of alkyl halides is 3. The predicted molar refractivity (Wildman–Crippen MR) is 143 cm³/mol. The van der Waals surface area contributed by atoms with Gasteiger partial charge in [0.25, 0.3) is 5.91 Å². The molecule has 1 amide bonds. The largest absolute Gasteiger partial charge is 0.497 e. The number of ether oxygens (including phenoxy) is 1. The number of halogens is 3. The van der Waals surface area contributed by atoms with Crippen LogP contribution in [-0.4, -0.2) is 87.5 Å². The number of aromatic nitrogens is 3. The van der Waals surface area contributed by atoms with Crippen LogP contribution in [0.4, 0.5) is 13.2 Å². The van der Waals surface area contributed by atoms with Gasteiger partial charge < -0.3 is 24.0 Å². The Kier molecular flexibility index (Phi) is 8.48. The summed E-state index contributed by atoms with van der Waals surface area (Å²) in [6, 6.07) is 18.2. The molecule has 1 aromatic carbocycles. The van der Waals surface area contributed by atoms with E-state index in [1.165, 1.54) is 0 Å². The lowest BCUT2D eigenvalue weighted by atomic mass is 10.0. The predicted octanol–water partition coefficient (Wildman–Crippen LogP) is 4.60. The minimum atomic E-state index is -5.08. The Balaban J connectivity index is 0.000000470. The van der Waals surface area contributed by atoms with E-state index < -0.39 is 12.1 Å². The van der Waals surface area contributed by atoms with Gasteiger partial charge >= 0.3 is 12.1 Å². The minimum absolute atomic E-state index is 0.0942. The summed E-state index contributed by atoms with van der Waals surface area (Å²) in [7, 11) is 5.88. The first kappa shape index (κ1) is 28.7. The van der Waals surface area contributed by atoms with Crippen molar-refractivity contribution >= 4 is 17.4 Å². The van der Waals surface area contributed by atoms with Gasteiger partial charge in [-0.1, -0.05) is 6.07 Å². The number of piperidine rings is 1. The Morgan fingerprint density at radius 1 is 1.02 bits per heavy atom. The van der Waals surface area contributed by atoms with Gasteiger partial charge in [0, 0.05) is 31.5 Å². The first-order valence-electron chi connectivity index (χ1n) is 12.6. The molecular formula is C28H30F3N5O4. The highest BCUT2D eigenvalue weighted by atomic mass is 19.4. The maximum atomic E-state index is 13.5. The second-order valence-electron chi connectivity index (χ2n) is 9.53. The fraction of sp³-hybridized carbons (Fsp3) is 0.321. The Hall–Kier alpha value is -4.32. The smallest absolute Gasteiger partial charge is 0.490 e. The van der Waals surface area contributed by atoms with Crippen LogP contribution in [0.25, 0.3) is 22.6 Å². The number of benzene rings is 1. The van der Waals surface area contributed by atoms with Gasteiger partial charge in [0.2, 0.25) is 0 Å². The molecule has 1 fully saturated rings. The molecule has 0 atom stereocenters. The van der Waals surface area contributed by atoms with Crippen LogP contribution in [0.15, 0.2) is 67.0 Å². The number of pyridine rings is 1. The van der Waals surface area contributed by atoms with Crippen molar-refractivity contribution in [3.8, 4) is 22.8 Å². The number of carbonyl (C=O) groups is 2. The first-order valence-corrected chi connectivity index (χ1v) is 12.6. The van der Waals surface area contributed by atoms with Crippen LogP contribution < -0.4 is 4.74 Å². The second-order valence-corrected chi connectivity index (χ2v) is 9.53. The van der Waals surface area contributed by atoms with Crippen molar-refractivity contribution < 1.29 is 32.6 Å². The van der Waals surface area contributed by atoms with Crippen molar-refractivity contribution in [1.29, 1.82) is 0 Å². The van der Waals surface area contributed by atoms with Crippen LogP contribution in [0, 0.1) is 0 Å². The van der Waals surface area contributed by atoms with Crippen LogP contribution in [0.5, 0.6) is 5.75 Å². The molecule has 9 nitrogen and oxygen atoms in total. The van der Waals surface area contributed by atoms with Gasteiger partial charge in [0.1, 0.15) is 11.4 Å². The summed E-state index contributed by atoms with van der Waals surface area (Å²) in [6.45, 7) is 1.57. The number of hydrogen-bond donors (Lipinski definition) is 1. The van der Waals surface area contributed by atoms with Gasteiger partial charge in [-0.2, -0.15) is 18.3 Å². The number of carbonyl (C=O) groups excluding carboxylic acids is 1. The molecule has 0 unspecified atom stereocenters. The molecule has 212 valence electrons. The van der Waals surface area contributed by atoms with Gasteiger partial charge in [-0.05, 0) is 75.5 Å². The highest BCUT2D eigenvalue weighted by Gasteiger charge is 2.38. The molecule has 3 aromatic heterocycles. The maximum absolute atomic E-state index is 13.5. The Labute approximate surface area is 229 Å². The van der Waals surface area contributed by atoms with Crippen LogP contribution in [-0.2, 0) is 4.79 Å². The van der Waals surface area contributed by atoms with E-state index in [-0.39, 0.29) is 5.91 Å². The molecule has 1 N–H and O–H groups in total. The lowest BCUT2D eigenvalue weighted by Crippen LogP contribution is -2.44. The third-order valence-electron chi connectivity index (χ3n) is 6.82. The molecular weight excluding hydrogens is 527 g/mol. The monoisotopic (exact) mass is 557 g/mol. The molecule has 0 saturated carbocycles. The number of carboxylic acids is 1. The number of amides is 1. The summed E-state index contributed by atoms with van der Waals surface area (Å²) in [4.78, 5) is 26.6. The average Bonchev–Trinajstić information content (AvgIpc) is 3.58. The van der Waals surface area contributed by atoms with Crippen LogP contribution >= 0.6 is 0 Å². The van der Waals surface area contributed by atoms with Crippen LogP contribution in [0.1, 0.15) is 23.2 Å². The van der Waals surface area contributed by atoms with Gasteiger partial charge in [-0.15, -0.1) is 0 Å². The second kappa shape index (κ2) is 11.8. The van der Waals surface area contributed by atoms with Crippen molar-refractivity contribution in [3.05, 3.63) is 72.6 Å². The summed E-state index contributed by atoms with van der Waals surface area (Å²) in [5.41, 5.74) is 4.31. The lowest BCUT2D eigenvalue weighted by molar-refractivity contribution is -0.192. The highest BCUT2D eigenvalue weighted by molar-refractivity contribution is 6.02. The molecule has 0 spiro atoms. The van der Waals surface area contributed by atoms with Crippen molar-refractivity contribution in [3.63, 3.8) is 0 Å². The number of nitrogens with zero attached hydrogens (tertiary/aromatic N) is 5. The normalized spacial score (nSPS) is 14.2. The topological polar surface area (TPSA) is 92.3 Å². The SMILES string of the molecule is COc1ccc(-n2ccc(-c3cc(C(=O)N4CCC(N(C)C)CC4)c4ccccn34)n2)cc1.O=C(O)C(F)(F)F. The van der Waals surface area contributed by atoms with Crippen molar-refractivity contribution in [2.45, 2.75) is 25.1 Å². The summed E-state index contributed by atoms with van der Waals surface area (Å²) in [6.07, 6.45) is 0.854. The third-order valence-corrected chi connectivity index (χ3v) is 6.82. The number of rotatable bonds is 5. The Morgan fingerprint density at radius 2 is 1.68 bits per heavy atom. The maximum Gasteiger partial charge on any atom is 0.490 e. The molecule has 12 heteroatoms. The molecule has 4 aromatic rings. The van der Waals surface area contributed by atoms with E-state index >= 15 is 0 Å². The third kappa shape index (κ3) is 6.28. The summed E-state index contributed by atoms with van der Waals surface area (Å²) in [5, 5.41) is 11.9. The standard InChI is InChI=1S/C26H29N5O2.C2HF3O2/c1-28(2)19-11-15-29(16-12-19)26(32)22-18-25(30-14-5-4-6-24(22)30)23-13-17-31(27-23)20-7-9-21(33-3)10-8-20;3-2(4,5)1(6)7/h4-10,13-14,17-19H,11-12,15-16H2,1-3H3;(H,6,7). The molecule has 1 aliphatic heterocycles. The van der Waals surface area contributed by atoms with E-state index in [1.807, 2.05) is 76.6 Å². The van der Waals surface area contributed by atoms with Crippen molar-refractivity contribution in [1.82, 2.24) is 24.0 Å². The first-order chi connectivity index (χ1) is 19.0. The highest BCUT2D eigenvalue weighted by Crippen LogP contribution is 2.28. The van der Waals surface area contributed by atoms with Crippen molar-refractivity contribution in [2.24, 2.45) is 0 Å². The molecule has 40 heavy (non-hydrogen) atoms. The van der Waals surface area contributed by atoms with Gasteiger partial charge in [-0.3, -0.25) is 4.79 Å². The molecule has 1 saturated heterocycles. The van der Waals surface area contributed by atoms with E-state index in [2.05, 4.69) is 23.4 Å². The lowest BCUT2D eigenvalue weighted by Gasteiger charge is -2.35. The zero-order chi connectivity index (χ0) is 29.0. The van der Waals surface area contributed by atoms with E-state index in [9.17, 15) is 18.0 Å². The van der Waals surface area contributed by atoms with Crippen LogP contribution in [0.2, 0.25) is 0 Å². The molecule has 1 aliphatic rings. The summed E-state index contributed by atoms with van der Waals surface area (Å²) in [5.74, 6) is -1.86. The van der Waals surface area contributed by atoms with Gasteiger partial charge in [0.15, 0.2) is 0 Å². The molecule has 0 radical (unpaired) electrons. The number of carboxylic acid groups (broad SMARTS) is 1. The zero-order valence-corrected chi connectivity index (χ0v) is 22.3. The summed E-state index contributed by atoms with van der Waals surface area (Å²) < 4.78 is 40.9. The number of methoxy groups -OCH3 is 1. The molecule has 5 rings (SSSR count). The number of likely N-dealkylation sites (tertiary alicyclic amines) is 1. The molecule has 0 bridgehead atoms.